The Morgan fingerprint density at radius 2 is 2.24 bits per heavy atom. The Morgan fingerprint density at radius 3 is 2.71 bits per heavy atom. The van der Waals surface area contributed by atoms with Crippen LogP contribution in [0.4, 0.5) is 0 Å². The highest BCUT2D eigenvalue weighted by Crippen LogP contribution is 2.07. The Morgan fingerprint density at radius 1 is 1.53 bits per heavy atom. The van der Waals surface area contributed by atoms with Crippen LogP contribution >= 0.6 is 0 Å². The van der Waals surface area contributed by atoms with E-state index in [1.54, 1.807) is 25.4 Å². The molecule has 0 radical (unpaired) electrons. The second-order valence-electron chi connectivity index (χ2n) is 3.97. The third-order valence-corrected chi connectivity index (χ3v) is 2.66. The average molecular weight is 239 g/mol. The predicted octanol–water partition coefficient (Wildman–Crippen LogP) is 0.499. The molecule has 1 amide bonds. The molecular weight excluding hydrogens is 222 g/mol. The van der Waals surface area contributed by atoms with Crippen LogP contribution in [0, 0.1) is 5.92 Å². The van der Waals surface area contributed by atoms with Crippen molar-refractivity contribution in [2.24, 2.45) is 5.92 Å². The van der Waals surface area contributed by atoms with Crippen molar-refractivity contribution >= 4 is 11.9 Å². The Hall–Kier alpha value is -1.85. The van der Waals surface area contributed by atoms with Crippen molar-refractivity contribution in [1.82, 2.24) is 15.1 Å². The summed E-state index contributed by atoms with van der Waals surface area (Å²) in [7, 11) is 0. The van der Waals surface area contributed by atoms with E-state index in [4.69, 9.17) is 5.11 Å². The van der Waals surface area contributed by atoms with Crippen molar-refractivity contribution < 1.29 is 14.7 Å². The van der Waals surface area contributed by atoms with Gasteiger partial charge in [-0.3, -0.25) is 9.48 Å². The summed E-state index contributed by atoms with van der Waals surface area (Å²) < 4.78 is 1.45. The van der Waals surface area contributed by atoms with E-state index in [1.165, 1.54) is 4.68 Å². The molecular formula is C11H17N3O3. The van der Waals surface area contributed by atoms with E-state index in [2.05, 4.69) is 10.4 Å². The minimum absolute atomic E-state index is 0.0349. The molecule has 6 nitrogen and oxygen atoms in total. The van der Waals surface area contributed by atoms with Gasteiger partial charge in [0, 0.05) is 12.4 Å². The zero-order valence-electron chi connectivity index (χ0n) is 9.96. The van der Waals surface area contributed by atoms with Crippen molar-refractivity contribution in [3.05, 3.63) is 18.5 Å². The molecule has 17 heavy (non-hydrogen) atoms. The molecule has 1 aromatic heterocycles. The monoisotopic (exact) mass is 239 g/mol. The number of hydrogen-bond donors (Lipinski definition) is 2. The number of nitrogens with one attached hydrogen (secondary N) is 1. The van der Waals surface area contributed by atoms with Gasteiger partial charge < -0.3 is 10.4 Å². The van der Waals surface area contributed by atoms with Crippen LogP contribution in [0.5, 0.6) is 0 Å². The van der Waals surface area contributed by atoms with Gasteiger partial charge in [-0.1, -0.05) is 20.3 Å². The average Bonchev–Trinajstić information content (AvgIpc) is 2.77. The maximum atomic E-state index is 11.6. The van der Waals surface area contributed by atoms with E-state index in [9.17, 15) is 9.59 Å². The highest BCUT2D eigenvalue weighted by Gasteiger charge is 2.25. The minimum atomic E-state index is -1.01. The molecule has 0 spiro atoms. The van der Waals surface area contributed by atoms with Gasteiger partial charge in [-0.2, -0.15) is 5.10 Å². The second-order valence-corrected chi connectivity index (χ2v) is 3.97. The standard InChI is InChI=1S/C11H17N3O3/c1-3-8(2)10(11(16)17)13-9(15)7-14-6-4-5-12-14/h4-6,8,10H,3,7H2,1-2H3,(H,13,15)(H,16,17). The van der Waals surface area contributed by atoms with Crippen molar-refractivity contribution in [3.63, 3.8) is 0 Å². The molecule has 0 aliphatic rings. The highest BCUT2D eigenvalue weighted by molar-refractivity contribution is 5.83. The van der Waals surface area contributed by atoms with Gasteiger partial charge in [0.15, 0.2) is 0 Å². The Labute approximate surface area is 99.6 Å². The molecule has 1 aromatic rings. The van der Waals surface area contributed by atoms with Gasteiger partial charge in [0.1, 0.15) is 12.6 Å². The zero-order chi connectivity index (χ0) is 12.8. The Kier molecular flexibility index (Phi) is 4.68. The number of carbonyl (C=O) groups is 2. The van der Waals surface area contributed by atoms with Crippen molar-refractivity contribution in [1.29, 1.82) is 0 Å². The molecule has 0 aromatic carbocycles. The number of rotatable bonds is 6. The van der Waals surface area contributed by atoms with Gasteiger partial charge in [-0.05, 0) is 12.0 Å². The van der Waals surface area contributed by atoms with E-state index in [-0.39, 0.29) is 18.4 Å². The molecule has 0 fully saturated rings. The van der Waals surface area contributed by atoms with Crippen LogP contribution < -0.4 is 5.32 Å². The van der Waals surface area contributed by atoms with Crippen LogP contribution in [0.25, 0.3) is 0 Å². The Balaban J connectivity index is 2.55. The van der Waals surface area contributed by atoms with Crippen molar-refractivity contribution in [2.75, 3.05) is 0 Å². The molecule has 0 saturated carbocycles. The first-order chi connectivity index (χ1) is 8.04. The summed E-state index contributed by atoms with van der Waals surface area (Å²) in [4.78, 5) is 22.6. The van der Waals surface area contributed by atoms with Gasteiger partial charge in [-0.25, -0.2) is 4.79 Å². The SMILES string of the molecule is CCC(C)C(NC(=O)Cn1cccn1)C(=O)O. The quantitative estimate of drug-likeness (QED) is 0.757. The summed E-state index contributed by atoms with van der Waals surface area (Å²) in [6, 6.07) is 0.861. The molecule has 0 bridgehead atoms. The number of aromatic nitrogens is 2. The van der Waals surface area contributed by atoms with E-state index in [0.29, 0.717) is 6.42 Å². The molecule has 0 aliphatic heterocycles. The second kappa shape index (κ2) is 6.03. The lowest BCUT2D eigenvalue weighted by molar-refractivity contribution is -0.143. The lowest BCUT2D eigenvalue weighted by Gasteiger charge is -2.20. The maximum Gasteiger partial charge on any atom is 0.326 e. The van der Waals surface area contributed by atoms with Gasteiger partial charge in [-0.15, -0.1) is 0 Å². The highest BCUT2D eigenvalue weighted by atomic mass is 16.4. The van der Waals surface area contributed by atoms with Gasteiger partial charge in [0.25, 0.3) is 0 Å². The topological polar surface area (TPSA) is 84.2 Å². The zero-order valence-corrected chi connectivity index (χ0v) is 9.96. The van der Waals surface area contributed by atoms with Crippen LogP contribution in [0.3, 0.4) is 0 Å². The molecule has 0 aliphatic carbocycles. The lowest BCUT2D eigenvalue weighted by atomic mass is 9.99. The fraction of sp³-hybridized carbons (Fsp3) is 0.545. The van der Waals surface area contributed by atoms with Crippen molar-refractivity contribution in [3.8, 4) is 0 Å². The summed E-state index contributed by atoms with van der Waals surface area (Å²) in [6.45, 7) is 3.72. The van der Waals surface area contributed by atoms with E-state index >= 15 is 0 Å². The van der Waals surface area contributed by atoms with E-state index in [1.807, 2.05) is 6.92 Å². The fourth-order valence-corrected chi connectivity index (χ4v) is 1.44. The molecule has 1 heterocycles. The summed E-state index contributed by atoms with van der Waals surface area (Å²) in [5, 5.41) is 15.4. The van der Waals surface area contributed by atoms with Crippen LogP contribution in [0.2, 0.25) is 0 Å². The summed E-state index contributed by atoms with van der Waals surface area (Å²) in [5.41, 5.74) is 0. The molecule has 2 atom stereocenters. The molecule has 0 saturated heterocycles. The molecule has 94 valence electrons. The first-order valence-corrected chi connectivity index (χ1v) is 5.54. The summed E-state index contributed by atoms with van der Waals surface area (Å²) in [5.74, 6) is -1.45. The van der Waals surface area contributed by atoms with Crippen LogP contribution in [0.15, 0.2) is 18.5 Å². The third kappa shape index (κ3) is 3.90. The summed E-state index contributed by atoms with van der Waals surface area (Å²) in [6.07, 6.45) is 3.91. The first-order valence-electron chi connectivity index (χ1n) is 5.54. The maximum absolute atomic E-state index is 11.6. The Bertz CT molecular complexity index is 375. The number of carbonyl (C=O) groups excluding carboxylic acids is 1. The lowest BCUT2D eigenvalue weighted by Crippen LogP contribution is -2.46. The third-order valence-electron chi connectivity index (χ3n) is 2.66. The van der Waals surface area contributed by atoms with E-state index in [0.717, 1.165) is 0 Å². The molecule has 6 heteroatoms. The van der Waals surface area contributed by atoms with Gasteiger partial charge in [0.2, 0.25) is 5.91 Å². The van der Waals surface area contributed by atoms with Gasteiger partial charge >= 0.3 is 5.97 Å². The van der Waals surface area contributed by atoms with E-state index < -0.39 is 12.0 Å². The number of carboxylic acids is 1. The number of amides is 1. The fourth-order valence-electron chi connectivity index (χ4n) is 1.44. The van der Waals surface area contributed by atoms with Crippen LogP contribution in [0.1, 0.15) is 20.3 Å². The van der Waals surface area contributed by atoms with Crippen molar-refractivity contribution in [2.45, 2.75) is 32.9 Å². The molecule has 2 unspecified atom stereocenters. The predicted molar refractivity (Wildman–Crippen MR) is 61.2 cm³/mol. The molecule has 1 rings (SSSR count). The minimum Gasteiger partial charge on any atom is -0.480 e. The van der Waals surface area contributed by atoms with Gasteiger partial charge in [0.05, 0.1) is 0 Å². The number of hydrogen-bond acceptors (Lipinski definition) is 3. The smallest absolute Gasteiger partial charge is 0.326 e. The van der Waals surface area contributed by atoms with Crippen LogP contribution in [-0.2, 0) is 16.1 Å². The normalized spacial score (nSPS) is 14.0. The number of carboxylic acid groups (broad SMARTS) is 1. The van der Waals surface area contributed by atoms with Crippen LogP contribution in [-0.4, -0.2) is 32.8 Å². The number of aliphatic carboxylic acids is 1. The largest absolute Gasteiger partial charge is 0.480 e. The number of nitrogens with zero attached hydrogens (tertiary/aromatic N) is 2. The first kappa shape index (κ1) is 13.2. The summed E-state index contributed by atoms with van der Waals surface area (Å²) >= 11 is 0. The molecule has 2 N–H and O–H groups in total.